The van der Waals surface area contributed by atoms with Crippen molar-refractivity contribution in [1.82, 2.24) is 29.4 Å². The van der Waals surface area contributed by atoms with Gasteiger partial charge in [0, 0.05) is 6.42 Å². The molecule has 8 heteroatoms. The highest BCUT2D eigenvalue weighted by atomic mass is 16.5. The van der Waals surface area contributed by atoms with Gasteiger partial charge in [0.1, 0.15) is 12.1 Å². The van der Waals surface area contributed by atoms with Crippen LogP contribution in [0.1, 0.15) is 39.7 Å². The van der Waals surface area contributed by atoms with Crippen LogP contribution in [0.3, 0.4) is 0 Å². The van der Waals surface area contributed by atoms with Crippen molar-refractivity contribution in [3.63, 3.8) is 0 Å². The van der Waals surface area contributed by atoms with Crippen LogP contribution >= 0.6 is 0 Å². The molecule has 0 spiro atoms. The van der Waals surface area contributed by atoms with Gasteiger partial charge < -0.3 is 9.47 Å². The van der Waals surface area contributed by atoms with Crippen molar-refractivity contribution < 1.29 is 9.47 Å². The summed E-state index contributed by atoms with van der Waals surface area (Å²) in [7, 11) is 1.67. The maximum absolute atomic E-state index is 6.50. The molecule has 0 radical (unpaired) electrons. The minimum atomic E-state index is -0.206. The van der Waals surface area contributed by atoms with Crippen LogP contribution in [0.5, 0.6) is 17.5 Å². The van der Waals surface area contributed by atoms with Crippen molar-refractivity contribution in [2.75, 3.05) is 7.11 Å². The molecule has 186 valence electrons. The fourth-order valence-electron chi connectivity index (χ4n) is 5.15. The van der Waals surface area contributed by atoms with Crippen molar-refractivity contribution >= 4 is 5.65 Å². The Morgan fingerprint density at radius 1 is 0.868 bits per heavy atom. The molecule has 1 aliphatic heterocycles. The van der Waals surface area contributed by atoms with Gasteiger partial charge in [0.15, 0.2) is 11.5 Å². The molecule has 0 amide bonds. The molecule has 0 fully saturated rings. The number of para-hydroxylation sites is 1. The van der Waals surface area contributed by atoms with E-state index < -0.39 is 0 Å². The second-order valence-corrected chi connectivity index (χ2v) is 9.28. The van der Waals surface area contributed by atoms with E-state index in [4.69, 9.17) is 29.6 Å². The molecule has 6 aromatic rings. The summed E-state index contributed by atoms with van der Waals surface area (Å²) in [4.78, 5) is 9.67. The summed E-state index contributed by atoms with van der Waals surface area (Å²) in [5.74, 6) is 2.47. The summed E-state index contributed by atoms with van der Waals surface area (Å²) in [5, 5.41) is 9.64. The Bertz CT molecular complexity index is 1760. The first-order valence-corrected chi connectivity index (χ1v) is 12.4. The van der Waals surface area contributed by atoms with Crippen molar-refractivity contribution in [3.05, 3.63) is 125 Å². The summed E-state index contributed by atoms with van der Waals surface area (Å²) in [6.07, 6.45) is 2.30. The average molecular weight is 501 g/mol. The smallest absolute Gasteiger partial charge is 0.230 e. The van der Waals surface area contributed by atoms with Gasteiger partial charge in [-0.2, -0.15) is 5.10 Å². The van der Waals surface area contributed by atoms with Crippen LogP contribution in [0.25, 0.3) is 11.3 Å². The highest BCUT2D eigenvalue weighted by Gasteiger charge is 2.38. The van der Waals surface area contributed by atoms with Crippen LogP contribution in [-0.2, 0) is 6.42 Å². The number of rotatable bonds is 5. The molecule has 8 nitrogen and oxygen atoms in total. The molecule has 0 saturated carbocycles. The summed E-state index contributed by atoms with van der Waals surface area (Å²) < 4.78 is 15.5. The van der Waals surface area contributed by atoms with Crippen molar-refractivity contribution in [1.29, 1.82) is 0 Å². The summed E-state index contributed by atoms with van der Waals surface area (Å²) >= 11 is 0. The Hall–Kier alpha value is -4.98. The Labute approximate surface area is 219 Å². The van der Waals surface area contributed by atoms with E-state index >= 15 is 0 Å². The van der Waals surface area contributed by atoms with E-state index in [9.17, 15) is 0 Å². The van der Waals surface area contributed by atoms with E-state index in [0.29, 0.717) is 18.2 Å². The molecule has 7 rings (SSSR count). The first-order chi connectivity index (χ1) is 18.7. The van der Waals surface area contributed by atoms with Gasteiger partial charge in [-0.25, -0.2) is 19.2 Å². The highest BCUT2D eigenvalue weighted by molar-refractivity contribution is 5.66. The van der Waals surface area contributed by atoms with Gasteiger partial charge in [-0.3, -0.25) is 0 Å². The third-order valence-corrected chi connectivity index (χ3v) is 6.92. The average Bonchev–Trinajstić information content (AvgIpc) is 3.53. The van der Waals surface area contributed by atoms with Gasteiger partial charge in [-0.05, 0) is 42.3 Å². The lowest BCUT2D eigenvalue weighted by molar-refractivity contribution is 0.402. The van der Waals surface area contributed by atoms with Crippen molar-refractivity contribution in [2.24, 2.45) is 0 Å². The van der Waals surface area contributed by atoms with Crippen LogP contribution in [0, 0.1) is 6.92 Å². The fourth-order valence-corrected chi connectivity index (χ4v) is 5.15. The van der Waals surface area contributed by atoms with Gasteiger partial charge in [0.2, 0.25) is 11.8 Å². The molecular weight excluding hydrogens is 476 g/mol. The number of aromatic nitrogens is 6. The maximum atomic E-state index is 6.50. The second-order valence-electron chi connectivity index (χ2n) is 9.28. The van der Waals surface area contributed by atoms with Gasteiger partial charge in [0.05, 0.1) is 35.5 Å². The predicted octanol–water partition coefficient (Wildman–Crippen LogP) is 5.50. The third kappa shape index (κ3) is 3.61. The Balaban J connectivity index is 1.43. The topological polar surface area (TPSA) is 79.4 Å². The summed E-state index contributed by atoms with van der Waals surface area (Å²) in [6.45, 7) is 2.02. The first-order valence-electron chi connectivity index (χ1n) is 12.4. The molecule has 0 N–H and O–H groups in total. The SMILES string of the molecule is COc1ccc(C2c3c(C)nn(-c4ccccc4)c3Oc3ncn4nc(Cc5ccccc5)nc4c32)cc1. The molecule has 0 saturated heterocycles. The Morgan fingerprint density at radius 3 is 2.34 bits per heavy atom. The number of methoxy groups -OCH3 is 1. The minimum absolute atomic E-state index is 0.206. The van der Waals surface area contributed by atoms with Crippen LogP contribution in [0.2, 0.25) is 0 Å². The molecule has 0 aliphatic carbocycles. The molecular formula is C30H24N6O2. The summed E-state index contributed by atoms with van der Waals surface area (Å²) in [6, 6.07) is 28.3. The molecule has 1 atom stereocenters. The zero-order valence-electron chi connectivity index (χ0n) is 20.9. The third-order valence-electron chi connectivity index (χ3n) is 6.92. The van der Waals surface area contributed by atoms with E-state index in [2.05, 4.69) is 24.3 Å². The van der Waals surface area contributed by atoms with E-state index in [1.165, 1.54) is 0 Å². The number of nitrogens with zero attached hydrogens (tertiary/aromatic N) is 6. The van der Waals surface area contributed by atoms with Crippen LogP contribution < -0.4 is 9.47 Å². The van der Waals surface area contributed by atoms with E-state index in [1.807, 2.05) is 72.3 Å². The maximum Gasteiger partial charge on any atom is 0.230 e. The van der Waals surface area contributed by atoms with Gasteiger partial charge >= 0.3 is 0 Å². The van der Waals surface area contributed by atoms with Crippen molar-refractivity contribution in [3.8, 4) is 23.2 Å². The van der Waals surface area contributed by atoms with Gasteiger partial charge in [-0.15, -0.1) is 5.10 Å². The standard InChI is InChI=1S/C30H24N6O2/c1-19-25-26(21-13-15-23(37-2)16-14-21)27-28-32-24(17-20-9-5-3-6-10-20)34-35(28)18-31-29(27)38-30(25)36(33-19)22-11-7-4-8-12-22/h3-16,18,26H,17H2,1-2H3. The number of benzene rings is 3. The fraction of sp³-hybridized carbons (Fsp3) is 0.133. The monoisotopic (exact) mass is 500 g/mol. The normalized spacial score (nSPS) is 14.1. The van der Waals surface area contributed by atoms with E-state index in [-0.39, 0.29) is 5.92 Å². The number of ether oxygens (including phenoxy) is 2. The van der Waals surface area contributed by atoms with E-state index in [1.54, 1.807) is 18.0 Å². The highest BCUT2D eigenvalue weighted by Crippen LogP contribution is 2.49. The van der Waals surface area contributed by atoms with E-state index in [0.717, 1.165) is 50.9 Å². The molecule has 3 aromatic heterocycles. The van der Waals surface area contributed by atoms with Gasteiger partial charge in [-0.1, -0.05) is 60.7 Å². The number of fused-ring (bicyclic) bond motifs is 4. The largest absolute Gasteiger partial charge is 0.497 e. The summed E-state index contributed by atoms with van der Waals surface area (Å²) in [5.41, 5.74) is 6.58. The predicted molar refractivity (Wildman–Crippen MR) is 142 cm³/mol. The number of aryl methyl sites for hydroxylation is 1. The zero-order chi connectivity index (χ0) is 25.6. The number of hydrogen-bond acceptors (Lipinski definition) is 6. The molecule has 4 heterocycles. The van der Waals surface area contributed by atoms with Crippen molar-refractivity contribution in [2.45, 2.75) is 19.3 Å². The van der Waals surface area contributed by atoms with Gasteiger partial charge in [0.25, 0.3) is 0 Å². The minimum Gasteiger partial charge on any atom is -0.497 e. The first kappa shape index (κ1) is 22.2. The Kier molecular flexibility index (Phi) is 5.18. The molecule has 3 aromatic carbocycles. The zero-order valence-corrected chi connectivity index (χ0v) is 20.9. The molecule has 38 heavy (non-hydrogen) atoms. The quantitative estimate of drug-likeness (QED) is 0.310. The van der Waals surface area contributed by atoms with Crippen LogP contribution in [0.15, 0.2) is 91.3 Å². The van der Waals surface area contributed by atoms with Crippen LogP contribution in [0.4, 0.5) is 0 Å². The second kappa shape index (κ2) is 8.85. The lowest BCUT2D eigenvalue weighted by Crippen LogP contribution is -2.16. The number of hydrogen-bond donors (Lipinski definition) is 0. The Morgan fingerprint density at radius 2 is 1.61 bits per heavy atom. The molecule has 0 bridgehead atoms. The van der Waals surface area contributed by atoms with Crippen LogP contribution in [-0.4, -0.2) is 36.5 Å². The lowest BCUT2D eigenvalue weighted by Gasteiger charge is -2.26. The molecule has 1 aliphatic rings. The molecule has 1 unspecified atom stereocenters. The lowest BCUT2D eigenvalue weighted by atomic mass is 9.84.